The molecule has 23 N–H and O–H groups in total. The molecule has 8 fully saturated rings. The molecule has 0 spiro atoms. The van der Waals surface area contributed by atoms with Gasteiger partial charge in [0.1, 0.15) is 159 Å². The van der Waals surface area contributed by atoms with Crippen LogP contribution in [-0.2, 0) is 71.1 Å². The zero-order chi connectivity index (χ0) is 76.3. The van der Waals surface area contributed by atoms with Gasteiger partial charge in [0.05, 0.1) is 56.4 Å². The molecule has 0 amide bonds. The molecule has 0 aromatic rings. The van der Waals surface area contributed by atoms with E-state index >= 15 is 0 Å². The third-order valence-corrected chi connectivity index (χ3v) is 20.2. The first-order valence-corrected chi connectivity index (χ1v) is 37.4. The number of unbranched alkanes of at least 4 members (excludes halogenated alkanes) is 2. The Bertz CT molecular complexity index is 2250. The van der Waals surface area contributed by atoms with E-state index in [4.69, 9.17) is 71.1 Å². The molecule has 46 heteroatoms. The topological polar surface area (TPSA) is 604 Å². The Balaban J connectivity index is 0.000000246. The molecular formula is C56H104O38S8. The van der Waals surface area contributed by atoms with Crippen LogP contribution in [0, 0.1) is 0 Å². The summed E-state index contributed by atoms with van der Waals surface area (Å²) >= 11 is 32.2. The third kappa shape index (κ3) is 23.9. The van der Waals surface area contributed by atoms with E-state index in [2.05, 4.69) is 101 Å². The number of rotatable bonds is 26. The molecule has 8 rings (SSSR count). The summed E-state index contributed by atoms with van der Waals surface area (Å²) in [6, 6.07) is 0. The Labute approximate surface area is 630 Å². The molecule has 0 radical (unpaired) electrons. The lowest BCUT2D eigenvalue weighted by atomic mass is 9.97. The second-order valence-corrected chi connectivity index (χ2v) is 27.6. The fourth-order valence-corrected chi connectivity index (χ4v) is 13.5. The summed E-state index contributed by atoms with van der Waals surface area (Å²) in [6.07, 6.45) is -50.3. The van der Waals surface area contributed by atoms with Crippen LogP contribution in [-0.4, -0.2) is 443 Å². The molecule has 8 aliphatic heterocycles. The average Bonchev–Trinajstić information content (AvgIpc) is 0.755. The van der Waals surface area contributed by atoms with E-state index in [1.165, 1.54) is 7.11 Å². The highest BCUT2D eigenvalue weighted by molar-refractivity contribution is 7.81. The molecule has 0 aliphatic carbocycles. The van der Waals surface area contributed by atoms with Crippen LogP contribution in [0.4, 0.5) is 0 Å². The summed E-state index contributed by atoms with van der Waals surface area (Å²) in [5.41, 5.74) is 0. The van der Waals surface area contributed by atoms with E-state index in [-0.39, 0.29) is 41.1 Å². The number of hydrogen-bond donors (Lipinski definition) is 31. The Kier molecular flexibility index (Phi) is 42.2. The maximum Gasteiger partial charge on any atom is 0.189 e. The minimum Gasteiger partial charge on any atom is -0.394 e. The van der Waals surface area contributed by atoms with Gasteiger partial charge in [-0.15, -0.1) is 0 Å². The van der Waals surface area contributed by atoms with Gasteiger partial charge in [-0.3, -0.25) is 0 Å². The van der Waals surface area contributed by atoms with Crippen LogP contribution in [0.5, 0.6) is 0 Å². The van der Waals surface area contributed by atoms with Gasteiger partial charge in [-0.05, 0) is 18.6 Å². The highest BCUT2D eigenvalue weighted by Crippen LogP contribution is 2.35. The molecule has 38 nitrogen and oxygen atoms in total. The lowest BCUT2D eigenvalue weighted by Crippen LogP contribution is -2.64. The van der Waals surface area contributed by atoms with Gasteiger partial charge in [0.15, 0.2) is 50.3 Å². The summed E-state index contributed by atoms with van der Waals surface area (Å²) in [5.74, 6) is 1.54. The van der Waals surface area contributed by atoms with Crippen LogP contribution in [0.2, 0.25) is 0 Å². The molecular weight excluding hydrogens is 1540 g/mol. The first-order valence-electron chi connectivity index (χ1n) is 32.4. The summed E-state index contributed by atoms with van der Waals surface area (Å²) in [4.78, 5) is 0. The van der Waals surface area contributed by atoms with Crippen molar-refractivity contribution < 1.29 is 189 Å². The van der Waals surface area contributed by atoms with E-state index in [1.54, 1.807) is 0 Å². The lowest BCUT2D eigenvalue weighted by molar-refractivity contribution is -0.369. The van der Waals surface area contributed by atoms with Gasteiger partial charge in [0.2, 0.25) is 0 Å². The van der Waals surface area contributed by atoms with E-state index in [1.807, 2.05) is 0 Å². The highest BCUT2D eigenvalue weighted by atomic mass is 32.1. The van der Waals surface area contributed by atoms with Crippen molar-refractivity contribution in [2.75, 3.05) is 79.6 Å². The Morgan fingerprint density at radius 2 is 0.480 bits per heavy atom. The van der Waals surface area contributed by atoms with Crippen LogP contribution >= 0.6 is 101 Å². The molecule has 0 bridgehead atoms. The highest BCUT2D eigenvalue weighted by Gasteiger charge is 2.55. The standard InChI is InChI=1S/C17H32O10S2.C14H26O10S2.C13H24O9S2.C12H22O9S2/c18-6-8-15(27-17-13(22)11(20)10(19)9(7-29)26-17)12(21)14(23)16(25-8)24-4-2-1-3-5-28;15-3-5-12(9(18)11(20)13(22-5)21-1-2-25)24-14-10(19)8(17)7(16)6(4-26)23-14;1-19-12-10(18)8(16)11(5(3-24)21-12)22-13-9(17)7(15)6(14)4(2-23)20-13;13-5-3(1-22)19-11(9(17)7(5)15)21-12-10(18)8(16)6(14)4(2-23)20-12/h8-23,28-29H,1-7H2;5-20,25-26H,1-4H2;4-18,23-24H,2-3H2,1H3;3-18,22-23H,1-2H2/t;;4?,5?,6-,7?,8?,9-,10-,11+,12+,13-;/m..0./s1. The van der Waals surface area contributed by atoms with Crippen molar-refractivity contribution in [3.05, 3.63) is 0 Å². The second kappa shape index (κ2) is 45.8. The molecule has 102 heavy (non-hydrogen) atoms. The monoisotopic (exact) mass is 1640 g/mol. The van der Waals surface area contributed by atoms with Crippen LogP contribution in [0.3, 0.4) is 0 Å². The number of thiol groups is 8. The molecule has 8 aliphatic rings. The molecule has 34 unspecified atom stereocenters. The number of aliphatic hydroxyl groups excluding tert-OH is 23. The van der Waals surface area contributed by atoms with Crippen LogP contribution < -0.4 is 0 Å². The van der Waals surface area contributed by atoms with Crippen molar-refractivity contribution in [3.63, 3.8) is 0 Å². The van der Waals surface area contributed by atoms with Crippen LogP contribution in [0.25, 0.3) is 0 Å². The van der Waals surface area contributed by atoms with Gasteiger partial charge in [-0.25, -0.2) is 0 Å². The van der Waals surface area contributed by atoms with Gasteiger partial charge in [0.25, 0.3) is 0 Å². The molecule has 8 saturated heterocycles. The minimum atomic E-state index is -1.62. The van der Waals surface area contributed by atoms with Gasteiger partial charge in [-0.2, -0.15) is 101 Å². The predicted octanol–water partition coefficient (Wildman–Crippen LogP) is -12.2. The smallest absolute Gasteiger partial charge is 0.189 e. The first kappa shape index (κ1) is 93.9. The first-order chi connectivity index (χ1) is 48.4. The number of ether oxygens (including phenoxy) is 15. The van der Waals surface area contributed by atoms with Gasteiger partial charge < -0.3 is 189 Å². The molecule has 8 heterocycles. The number of methoxy groups -OCH3 is 1. The fraction of sp³-hybridized carbons (Fsp3) is 1.00. The number of aliphatic hydroxyl groups is 23. The maximum atomic E-state index is 10.5. The summed E-state index contributed by atoms with van der Waals surface area (Å²) in [7, 11) is 1.32. The summed E-state index contributed by atoms with van der Waals surface area (Å²) < 4.78 is 80.7. The van der Waals surface area contributed by atoms with E-state index < -0.39 is 259 Å². The van der Waals surface area contributed by atoms with Crippen LogP contribution in [0.1, 0.15) is 19.3 Å². The van der Waals surface area contributed by atoms with Crippen molar-refractivity contribution in [1.82, 2.24) is 0 Å². The second-order valence-electron chi connectivity index (χ2n) is 24.5. The Hall–Kier alpha value is 1.28. The van der Waals surface area contributed by atoms with Gasteiger partial charge in [0, 0.05) is 54.0 Å². The number of hydrogen-bond acceptors (Lipinski definition) is 46. The molecule has 40 atom stereocenters. The largest absolute Gasteiger partial charge is 0.394 e. The SMILES string of the molecule is CO[C@@H]1OC(CS)[C@@H](O[C@@H]2OC(CS)[C@H](O)C(O)[C@@H]2O)C(O)[C@@H]1O.OC1C(CS)OC(OC2OC(CS)C(O)C(O)C2O)C(O)C1O.OCC1OC(OCCCCCS)C(O)C(O)C1OC1OC(CS)C(O)C(O)C1O.OCC1OC(OCCS)C(O)C(O)C1OC1OC(CS)C(O)C(O)C1O. The quantitative estimate of drug-likeness (QED) is 0.0282. The van der Waals surface area contributed by atoms with Crippen molar-refractivity contribution in [3.8, 4) is 0 Å². The molecule has 604 valence electrons. The molecule has 0 saturated carbocycles. The van der Waals surface area contributed by atoms with Crippen LogP contribution in [0.15, 0.2) is 0 Å². The van der Waals surface area contributed by atoms with E-state index in [0.717, 1.165) is 25.0 Å². The molecule has 0 aromatic heterocycles. The maximum absolute atomic E-state index is 10.5. The lowest BCUT2D eigenvalue weighted by Gasteiger charge is -2.46. The van der Waals surface area contributed by atoms with Crippen molar-refractivity contribution in [2.45, 2.75) is 265 Å². The van der Waals surface area contributed by atoms with Crippen molar-refractivity contribution in [1.29, 1.82) is 0 Å². The van der Waals surface area contributed by atoms with Crippen molar-refractivity contribution in [2.24, 2.45) is 0 Å². The summed E-state index contributed by atoms with van der Waals surface area (Å²) in [6.45, 7) is -0.680. The van der Waals surface area contributed by atoms with E-state index in [9.17, 15) is 117 Å². The van der Waals surface area contributed by atoms with Gasteiger partial charge >= 0.3 is 0 Å². The zero-order valence-electron chi connectivity index (χ0n) is 54.7. The minimum absolute atomic E-state index is 0.0419. The van der Waals surface area contributed by atoms with Gasteiger partial charge in [-0.1, -0.05) is 6.42 Å². The summed E-state index contributed by atoms with van der Waals surface area (Å²) in [5, 5.41) is 229. The fourth-order valence-electron chi connectivity index (χ4n) is 11.4. The Morgan fingerprint density at radius 3 is 0.745 bits per heavy atom. The average molecular weight is 1640 g/mol. The normalized spacial score (nSPS) is 47.8. The zero-order valence-corrected chi connectivity index (χ0v) is 61.8. The molecule has 0 aromatic carbocycles. The Morgan fingerprint density at radius 1 is 0.235 bits per heavy atom. The van der Waals surface area contributed by atoms with E-state index in [0.29, 0.717) is 12.4 Å². The predicted molar refractivity (Wildman–Crippen MR) is 369 cm³/mol. The van der Waals surface area contributed by atoms with Crippen molar-refractivity contribution >= 4 is 101 Å². The third-order valence-electron chi connectivity index (χ3n) is 17.5.